The molecule has 1 fully saturated rings. The molecule has 0 saturated carbocycles. The molecule has 0 aromatic heterocycles. The lowest BCUT2D eigenvalue weighted by Crippen LogP contribution is -2.61. The number of hydrogen-bond donors (Lipinski definition) is 6. The number of aliphatic hydroxyl groups excluding tert-OH is 5. The van der Waals surface area contributed by atoms with Crippen LogP contribution >= 0.6 is 0 Å². The fraction of sp³-hybridized carbons (Fsp3) is 0.833. The molecule has 8 atom stereocenters. The summed E-state index contributed by atoms with van der Waals surface area (Å²) in [6.07, 6.45) is 65.4. The number of nitrogens with one attached hydrogen (secondary N) is 1. The average Bonchev–Trinajstić information content (AvgIpc) is 3.58. The molecule has 1 aliphatic rings. The van der Waals surface area contributed by atoms with Gasteiger partial charge in [-0.3, -0.25) is 9.59 Å². The van der Waals surface area contributed by atoms with Gasteiger partial charge in [0.25, 0.3) is 0 Å². The lowest BCUT2D eigenvalue weighted by atomic mass is 9.99. The molecule has 1 saturated heterocycles. The van der Waals surface area contributed by atoms with Crippen LogP contribution in [-0.4, -0.2) is 99.6 Å². The van der Waals surface area contributed by atoms with Gasteiger partial charge in [0.2, 0.25) is 5.91 Å². The zero-order chi connectivity index (χ0) is 60.3. The van der Waals surface area contributed by atoms with Crippen molar-refractivity contribution in [3.05, 3.63) is 60.8 Å². The predicted octanol–water partition coefficient (Wildman–Crippen LogP) is 17.7. The third kappa shape index (κ3) is 47.2. The second kappa shape index (κ2) is 59.7. The van der Waals surface area contributed by atoms with Crippen LogP contribution in [0, 0.1) is 0 Å². The van der Waals surface area contributed by atoms with Gasteiger partial charge >= 0.3 is 5.97 Å². The van der Waals surface area contributed by atoms with E-state index in [0.29, 0.717) is 19.3 Å². The number of allylic oxidation sites excluding steroid dienone is 9. The van der Waals surface area contributed by atoms with Crippen LogP contribution in [0.3, 0.4) is 0 Å². The Balaban J connectivity index is 2.63. The van der Waals surface area contributed by atoms with Crippen molar-refractivity contribution >= 4 is 11.9 Å². The largest absolute Gasteiger partial charge is 0.454 e. The quantitative estimate of drug-likeness (QED) is 0.0195. The highest BCUT2D eigenvalue weighted by atomic mass is 16.7. The number of carbonyl (C=O) groups is 2. The molecule has 0 spiro atoms. The van der Waals surface area contributed by atoms with Crippen LogP contribution in [0.4, 0.5) is 0 Å². The number of amides is 1. The predicted molar refractivity (Wildman–Crippen MR) is 347 cm³/mol. The maximum absolute atomic E-state index is 13.5. The van der Waals surface area contributed by atoms with Crippen molar-refractivity contribution in [2.75, 3.05) is 13.2 Å². The number of rotatable bonds is 60. The fourth-order valence-corrected chi connectivity index (χ4v) is 10.9. The van der Waals surface area contributed by atoms with E-state index in [0.717, 1.165) is 77.0 Å². The van der Waals surface area contributed by atoms with Crippen LogP contribution < -0.4 is 5.32 Å². The Labute approximate surface area is 509 Å². The highest BCUT2D eigenvalue weighted by Gasteiger charge is 2.47. The van der Waals surface area contributed by atoms with Gasteiger partial charge in [0, 0.05) is 6.42 Å². The van der Waals surface area contributed by atoms with E-state index in [1.807, 2.05) is 6.08 Å². The van der Waals surface area contributed by atoms with E-state index in [4.69, 9.17) is 14.2 Å². The molecule has 0 aliphatic carbocycles. The number of unbranched alkanes of at least 4 members (excludes halogenated alkanes) is 38. The first-order valence-corrected chi connectivity index (χ1v) is 35.1. The Bertz CT molecular complexity index is 1580. The monoisotopic (exact) mass is 1170 g/mol. The Morgan fingerprint density at radius 2 is 0.831 bits per heavy atom. The van der Waals surface area contributed by atoms with Crippen LogP contribution in [0.5, 0.6) is 0 Å². The lowest BCUT2D eigenvalue weighted by molar-refractivity contribution is -0.305. The van der Waals surface area contributed by atoms with E-state index < -0.39 is 67.4 Å². The Kier molecular flexibility index (Phi) is 56.4. The third-order valence-electron chi connectivity index (χ3n) is 16.4. The number of esters is 1. The lowest BCUT2D eigenvalue weighted by Gasteiger charge is -2.41. The summed E-state index contributed by atoms with van der Waals surface area (Å²) < 4.78 is 17.7. The number of aliphatic hydroxyl groups is 5. The van der Waals surface area contributed by atoms with Crippen molar-refractivity contribution in [3.8, 4) is 0 Å². The van der Waals surface area contributed by atoms with Crippen LogP contribution in [0.2, 0.25) is 0 Å². The molecular formula is C72H131NO10. The van der Waals surface area contributed by atoms with Gasteiger partial charge in [0.05, 0.1) is 25.4 Å². The van der Waals surface area contributed by atoms with Crippen molar-refractivity contribution in [1.82, 2.24) is 5.32 Å². The topological polar surface area (TPSA) is 175 Å². The van der Waals surface area contributed by atoms with E-state index >= 15 is 0 Å². The van der Waals surface area contributed by atoms with Crippen molar-refractivity contribution in [2.24, 2.45) is 0 Å². The Hall–Kier alpha value is -2.64. The highest BCUT2D eigenvalue weighted by Crippen LogP contribution is 2.26. The summed E-state index contributed by atoms with van der Waals surface area (Å²) >= 11 is 0. The molecule has 0 aromatic carbocycles. The summed E-state index contributed by atoms with van der Waals surface area (Å²) in [5, 5.41) is 57.2. The van der Waals surface area contributed by atoms with E-state index in [1.54, 1.807) is 6.08 Å². The second-order valence-corrected chi connectivity index (χ2v) is 24.3. The van der Waals surface area contributed by atoms with Crippen molar-refractivity contribution < 1.29 is 49.3 Å². The van der Waals surface area contributed by atoms with Crippen LogP contribution in [0.1, 0.15) is 323 Å². The van der Waals surface area contributed by atoms with E-state index in [-0.39, 0.29) is 13.0 Å². The van der Waals surface area contributed by atoms with Gasteiger partial charge in [0.1, 0.15) is 24.4 Å². The van der Waals surface area contributed by atoms with E-state index in [2.05, 4.69) is 74.7 Å². The first-order valence-electron chi connectivity index (χ1n) is 35.1. The molecular weight excluding hydrogens is 1040 g/mol. The Morgan fingerprint density at radius 1 is 0.470 bits per heavy atom. The maximum atomic E-state index is 13.5. The maximum Gasteiger partial charge on any atom is 0.306 e. The minimum absolute atomic E-state index is 0.0862. The summed E-state index contributed by atoms with van der Waals surface area (Å²) in [6, 6.07) is -1.03. The number of carbonyl (C=O) groups excluding carboxylic acids is 2. The van der Waals surface area contributed by atoms with E-state index in [1.165, 1.54) is 199 Å². The zero-order valence-corrected chi connectivity index (χ0v) is 53.8. The first-order chi connectivity index (χ1) is 40.7. The summed E-state index contributed by atoms with van der Waals surface area (Å²) in [4.78, 5) is 26.6. The highest BCUT2D eigenvalue weighted by molar-refractivity contribution is 5.80. The molecule has 1 amide bonds. The zero-order valence-electron chi connectivity index (χ0n) is 53.8. The third-order valence-corrected chi connectivity index (χ3v) is 16.4. The molecule has 11 nitrogen and oxygen atoms in total. The van der Waals surface area contributed by atoms with Crippen LogP contribution in [-0.2, 0) is 23.8 Å². The SMILES string of the molecule is CCCCC/C=C\C/C=C\C/C=C\C/C=C\CCCCCC(=O)OC1C(OCC(NC(=O)C(O)CCCCCCCCCCCCCCCCCCCCCCCC)C(O)/C=C/CCCCCCCCCCCCC)OC(CO)C(O)C1O. The molecule has 0 radical (unpaired) electrons. The summed E-state index contributed by atoms with van der Waals surface area (Å²) in [7, 11) is 0. The van der Waals surface area contributed by atoms with Crippen molar-refractivity contribution in [2.45, 2.75) is 372 Å². The first kappa shape index (κ1) is 78.4. The molecule has 11 heteroatoms. The van der Waals surface area contributed by atoms with Gasteiger partial charge in [-0.15, -0.1) is 0 Å². The Morgan fingerprint density at radius 3 is 1.27 bits per heavy atom. The molecule has 83 heavy (non-hydrogen) atoms. The van der Waals surface area contributed by atoms with Crippen molar-refractivity contribution in [3.63, 3.8) is 0 Å². The molecule has 1 heterocycles. The second-order valence-electron chi connectivity index (χ2n) is 24.3. The van der Waals surface area contributed by atoms with Gasteiger partial charge in [-0.25, -0.2) is 0 Å². The van der Waals surface area contributed by atoms with Gasteiger partial charge in [-0.2, -0.15) is 0 Å². The smallest absolute Gasteiger partial charge is 0.306 e. The molecule has 0 bridgehead atoms. The van der Waals surface area contributed by atoms with Gasteiger partial charge in [0.15, 0.2) is 12.4 Å². The minimum atomic E-state index is -1.63. The van der Waals surface area contributed by atoms with Gasteiger partial charge in [-0.1, -0.05) is 306 Å². The average molecular weight is 1170 g/mol. The number of hydrogen-bond acceptors (Lipinski definition) is 10. The minimum Gasteiger partial charge on any atom is -0.454 e. The normalized spacial score (nSPS) is 18.9. The van der Waals surface area contributed by atoms with Gasteiger partial charge < -0.3 is 45.1 Å². The van der Waals surface area contributed by atoms with Crippen molar-refractivity contribution in [1.29, 1.82) is 0 Å². The molecule has 0 aromatic rings. The fourth-order valence-electron chi connectivity index (χ4n) is 10.9. The van der Waals surface area contributed by atoms with Crippen LogP contribution in [0.25, 0.3) is 0 Å². The van der Waals surface area contributed by atoms with Crippen LogP contribution in [0.15, 0.2) is 60.8 Å². The summed E-state index contributed by atoms with van der Waals surface area (Å²) in [5.41, 5.74) is 0. The molecule has 1 aliphatic heterocycles. The molecule has 1 rings (SSSR count). The summed E-state index contributed by atoms with van der Waals surface area (Å²) in [5.74, 6) is -1.22. The summed E-state index contributed by atoms with van der Waals surface area (Å²) in [6.45, 7) is 5.79. The van der Waals surface area contributed by atoms with E-state index in [9.17, 15) is 35.1 Å². The molecule has 8 unspecified atom stereocenters. The molecule has 484 valence electrons. The molecule has 6 N–H and O–H groups in total. The number of ether oxygens (including phenoxy) is 3. The van der Waals surface area contributed by atoms with Gasteiger partial charge in [-0.05, 0) is 70.6 Å². The standard InChI is InChI=1S/C72H131NO10/c1-4-7-10-13-16-19-22-25-27-29-31-32-33-35-36-38-41-44-47-50-53-56-59-65(76)71(80)73-63(64(75)58-55-52-49-46-43-40-24-21-18-15-12-9-6-3)62-81-72-70(69(79)68(78)66(61-74)82-72)83-67(77)60-57-54-51-48-45-42-39-37-34-30-28-26-23-20-17-14-11-8-5-2/h17,20,26,28,34,37,42,45,55,58,63-66,68-70,72,74-76,78-79H,4-16,18-19,21-25,27,29-33,35-36,38-41,43-44,46-54,56-57,59-62H2,1-3H3,(H,73,80)/b20-17-,28-26-,37-34-,45-42-,58-55+.